The van der Waals surface area contributed by atoms with Crippen molar-refractivity contribution in [3.63, 3.8) is 0 Å². The molecular weight excluding hydrogens is 286 g/mol. The Bertz CT molecular complexity index is 768. The number of nitrogens with zero attached hydrogens (tertiary/aromatic N) is 2. The van der Waals surface area contributed by atoms with E-state index in [4.69, 9.17) is 15.9 Å². The average molecular weight is 297 g/mol. The maximum atomic E-state index is 12.1. The second kappa shape index (κ2) is 4.81. The van der Waals surface area contributed by atoms with Gasteiger partial charge in [-0.25, -0.2) is 13.1 Å². The molecule has 0 bridgehead atoms. The van der Waals surface area contributed by atoms with E-state index in [-0.39, 0.29) is 28.1 Å². The van der Waals surface area contributed by atoms with E-state index < -0.39 is 15.9 Å². The molecule has 0 fully saturated rings. The third-order valence-electron chi connectivity index (χ3n) is 2.33. The molecule has 1 heterocycles. The standard InChI is InChI=1S/C10H11N5O4S/c1-5-13-14-10(19-5)15-20(17,18)8-3-2-6(9(12)16)4-7(8)11/h2-4H,11H2,1H3,(H2,12,16)(H,14,15). The summed E-state index contributed by atoms with van der Waals surface area (Å²) in [5.74, 6) is -0.499. The van der Waals surface area contributed by atoms with Crippen molar-refractivity contribution in [2.45, 2.75) is 11.8 Å². The Labute approximate surface area is 114 Å². The molecule has 106 valence electrons. The van der Waals surface area contributed by atoms with Gasteiger partial charge in [0.15, 0.2) is 0 Å². The highest BCUT2D eigenvalue weighted by Gasteiger charge is 2.21. The van der Waals surface area contributed by atoms with Gasteiger partial charge in [0.25, 0.3) is 10.0 Å². The SMILES string of the molecule is Cc1nnc(NS(=O)(=O)c2ccc(C(N)=O)cc2N)o1. The summed E-state index contributed by atoms with van der Waals surface area (Å²) < 4.78 is 31.2. The smallest absolute Gasteiger partial charge is 0.329 e. The number of carbonyl (C=O) groups is 1. The van der Waals surface area contributed by atoms with Gasteiger partial charge in [0.2, 0.25) is 11.8 Å². The van der Waals surface area contributed by atoms with Crippen molar-refractivity contribution in [2.24, 2.45) is 5.73 Å². The lowest BCUT2D eigenvalue weighted by Gasteiger charge is -2.08. The van der Waals surface area contributed by atoms with E-state index in [1.165, 1.54) is 25.1 Å². The summed E-state index contributed by atoms with van der Waals surface area (Å²) in [6.07, 6.45) is 0. The summed E-state index contributed by atoms with van der Waals surface area (Å²) >= 11 is 0. The van der Waals surface area contributed by atoms with Crippen LogP contribution in [0.3, 0.4) is 0 Å². The van der Waals surface area contributed by atoms with Crippen molar-refractivity contribution in [2.75, 3.05) is 10.5 Å². The van der Waals surface area contributed by atoms with Crippen molar-refractivity contribution in [1.29, 1.82) is 0 Å². The van der Waals surface area contributed by atoms with Gasteiger partial charge in [0.1, 0.15) is 4.90 Å². The van der Waals surface area contributed by atoms with Gasteiger partial charge in [-0.05, 0) is 18.2 Å². The summed E-state index contributed by atoms with van der Waals surface area (Å²) in [7, 11) is -4.00. The third kappa shape index (κ3) is 2.69. The number of aryl methyl sites for hydroxylation is 1. The van der Waals surface area contributed by atoms with Crippen LogP contribution < -0.4 is 16.2 Å². The predicted molar refractivity (Wildman–Crippen MR) is 69.2 cm³/mol. The molecule has 0 atom stereocenters. The maximum absolute atomic E-state index is 12.1. The molecule has 0 saturated carbocycles. The van der Waals surface area contributed by atoms with Gasteiger partial charge >= 0.3 is 6.01 Å². The Kier molecular flexibility index (Phi) is 3.32. The fourth-order valence-electron chi connectivity index (χ4n) is 1.45. The van der Waals surface area contributed by atoms with Crippen LogP contribution in [0.25, 0.3) is 0 Å². The van der Waals surface area contributed by atoms with E-state index >= 15 is 0 Å². The molecule has 0 spiro atoms. The monoisotopic (exact) mass is 297 g/mol. The van der Waals surface area contributed by atoms with E-state index in [2.05, 4.69) is 14.9 Å². The molecule has 1 aromatic carbocycles. The minimum absolute atomic E-state index is 0.107. The quantitative estimate of drug-likeness (QED) is 0.663. The first-order valence-electron chi connectivity index (χ1n) is 5.32. The molecular formula is C10H11N5O4S. The molecule has 0 aliphatic heterocycles. The Hall–Kier alpha value is -2.62. The van der Waals surface area contributed by atoms with Crippen LogP contribution in [-0.2, 0) is 10.0 Å². The van der Waals surface area contributed by atoms with Crippen molar-refractivity contribution < 1.29 is 17.6 Å². The Balaban J connectivity index is 2.37. The molecule has 5 N–H and O–H groups in total. The van der Waals surface area contributed by atoms with Crippen molar-refractivity contribution in [3.05, 3.63) is 29.7 Å². The Morgan fingerprint density at radius 2 is 2.05 bits per heavy atom. The van der Waals surface area contributed by atoms with E-state index in [1.807, 2.05) is 0 Å². The fourth-order valence-corrected chi connectivity index (χ4v) is 2.49. The molecule has 0 aliphatic carbocycles. The first-order valence-corrected chi connectivity index (χ1v) is 6.80. The number of nitrogens with one attached hydrogen (secondary N) is 1. The zero-order valence-electron chi connectivity index (χ0n) is 10.3. The topological polar surface area (TPSA) is 154 Å². The molecule has 2 aromatic rings. The summed E-state index contributed by atoms with van der Waals surface area (Å²) in [5, 5.41) is 7.00. The number of nitrogen functional groups attached to an aromatic ring is 1. The van der Waals surface area contributed by atoms with Crippen LogP contribution in [0.1, 0.15) is 16.2 Å². The van der Waals surface area contributed by atoms with Crippen LogP contribution in [-0.4, -0.2) is 24.5 Å². The van der Waals surface area contributed by atoms with Crippen LogP contribution in [0.4, 0.5) is 11.7 Å². The summed E-state index contributed by atoms with van der Waals surface area (Å²) in [6.45, 7) is 1.51. The number of hydrogen-bond donors (Lipinski definition) is 3. The minimum atomic E-state index is -4.00. The molecule has 20 heavy (non-hydrogen) atoms. The van der Waals surface area contributed by atoms with Crippen molar-refractivity contribution in [1.82, 2.24) is 10.2 Å². The molecule has 2 rings (SSSR count). The summed E-state index contributed by atoms with van der Waals surface area (Å²) in [4.78, 5) is 10.8. The molecule has 0 saturated heterocycles. The minimum Gasteiger partial charge on any atom is -0.408 e. The zero-order valence-corrected chi connectivity index (χ0v) is 11.1. The van der Waals surface area contributed by atoms with Gasteiger partial charge in [-0.2, -0.15) is 0 Å². The lowest BCUT2D eigenvalue weighted by Crippen LogP contribution is -2.17. The molecule has 0 radical (unpaired) electrons. The highest BCUT2D eigenvalue weighted by atomic mass is 32.2. The number of carbonyl (C=O) groups excluding carboxylic acids is 1. The molecule has 0 aliphatic rings. The van der Waals surface area contributed by atoms with Crippen molar-refractivity contribution in [3.8, 4) is 0 Å². The second-order valence-electron chi connectivity index (χ2n) is 3.85. The normalized spacial score (nSPS) is 11.2. The fraction of sp³-hybridized carbons (Fsp3) is 0.100. The lowest BCUT2D eigenvalue weighted by atomic mass is 10.2. The number of benzene rings is 1. The number of hydrogen-bond acceptors (Lipinski definition) is 7. The highest BCUT2D eigenvalue weighted by Crippen LogP contribution is 2.22. The third-order valence-corrected chi connectivity index (χ3v) is 3.73. The number of rotatable bonds is 4. The van der Waals surface area contributed by atoms with Crippen LogP contribution >= 0.6 is 0 Å². The number of sulfonamides is 1. The molecule has 9 nitrogen and oxygen atoms in total. The van der Waals surface area contributed by atoms with Gasteiger partial charge in [-0.1, -0.05) is 5.10 Å². The molecule has 1 amide bonds. The highest BCUT2D eigenvalue weighted by molar-refractivity contribution is 7.92. The molecule has 10 heteroatoms. The number of amides is 1. The van der Waals surface area contributed by atoms with Crippen LogP contribution in [0.15, 0.2) is 27.5 Å². The van der Waals surface area contributed by atoms with E-state index in [9.17, 15) is 13.2 Å². The van der Waals surface area contributed by atoms with E-state index in [1.54, 1.807) is 0 Å². The largest absolute Gasteiger partial charge is 0.408 e. The predicted octanol–water partition coefficient (Wildman–Crippen LogP) is -0.140. The number of anilines is 2. The molecule has 0 unspecified atom stereocenters. The first kappa shape index (κ1) is 13.8. The van der Waals surface area contributed by atoms with Gasteiger partial charge in [-0.15, -0.1) is 5.10 Å². The Morgan fingerprint density at radius 3 is 2.55 bits per heavy atom. The summed E-state index contributed by atoms with van der Waals surface area (Å²) in [5.41, 5.74) is 10.7. The van der Waals surface area contributed by atoms with Crippen LogP contribution in [0.5, 0.6) is 0 Å². The average Bonchev–Trinajstić information content (AvgIpc) is 2.73. The van der Waals surface area contributed by atoms with Gasteiger partial charge in [-0.3, -0.25) is 4.79 Å². The van der Waals surface area contributed by atoms with Gasteiger partial charge < -0.3 is 15.9 Å². The summed E-state index contributed by atoms with van der Waals surface area (Å²) in [6, 6.07) is 3.32. The van der Waals surface area contributed by atoms with Gasteiger partial charge in [0, 0.05) is 12.5 Å². The number of primary amides is 1. The lowest BCUT2D eigenvalue weighted by molar-refractivity contribution is 0.1000. The number of aromatic nitrogens is 2. The maximum Gasteiger partial charge on any atom is 0.329 e. The first-order chi connectivity index (χ1) is 9.29. The van der Waals surface area contributed by atoms with Gasteiger partial charge in [0.05, 0.1) is 5.69 Å². The van der Waals surface area contributed by atoms with Crippen LogP contribution in [0.2, 0.25) is 0 Å². The zero-order chi connectivity index (χ0) is 14.9. The van der Waals surface area contributed by atoms with E-state index in [0.29, 0.717) is 0 Å². The number of nitrogens with two attached hydrogens (primary N) is 2. The molecule has 1 aromatic heterocycles. The second-order valence-corrected chi connectivity index (χ2v) is 5.50. The van der Waals surface area contributed by atoms with Crippen LogP contribution in [0, 0.1) is 6.92 Å². The van der Waals surface area contributed by atoms with Crippen molar-refractivity contribution >= 4 is 27.6 Å². The Morgan fingerprint density at radius 1 is 1.35 bits per heavy atom. The van der Waals surface area contributed by atoms with E-state index in [0.717, 1.165) is 0 Å².